The van der Waals surface area contributed by atoms with Gasteiger partial charge in [-0.1, -0.05) is 13.0 Å². The molecule has 2 atom stereocenters. The predicted octanol–water partition coefficient (Wildman–Crippen LogP) is 1.90. The van der Waals surface area contributed by atoms with E-state index < -0.39 is 37.4 Å². The molecule has 0 bridgehead atoms. The van der Waals surface area contributed by atoms with Crippen LogP contribution in [0, 0.1) is 21.8 Å². The maximum atomic E-state index is 14.0. The minimum atomic E-state index is -4.33. The number of nitrogens with two attached hydrogens (primary N) is 1. The van der Waals surface area contributed by atoms with Gasteiger partial charge in [-0.3, -0.25) is 10.1 Å². The van der Waals surface area contributed by atoms with E-state index in [0.717, 1.165) is 28.9 Å². The van der Waals surface area contributed by atoms with Gasteiger partial charge < -0.3 is 5.73 Å². The summed E-state index contributed by atoms with van der Waals surface area (Å²) in [6.45, 7) is 2.14. The molecular formula is C13H19ClFN3O4S. The number of sulfonamides is 1. The van der Waals surface area contributed by atoms with Crippen molar-refractivity contribution in [3.05, 3.63) is 34.1 Å². The third-order valence-corrected chi connectivity index (χ3v) is 6.01. The van der Waals surface area contributed by atoms with E-state index in [1.54, 1.807) is 0 Å². The summed E-state index contributed by atoms with van der Waals surface area (Å²) < 4.78 is 40.7. The minimum absolute atomic E-state index is 0. The molecule has 2 unspecified atom stereocenters. The molecule has 0 saturated carbocycles. The lowest BCUT2D eigenvalue weighted by molar-refractivity contribution is -0.388. The first-order chi connectivity index (χ1) is 10.3. The second-order valence-electron chi connectivity index (χ2n) is 5.38. The van der Waals surface area contributed by atoms with E-state index in [9.17, 15) is 22.9 Å². The quantitative estimate of drug-likeness (QED) is 0.646. The third-order valence-electron chi connectivity index (χ3n) is 4.02. The molecule has 23 heavy (non-hydrogen) atoms. The van der Waals surface area contributed by atoms with Crippen LogP contribution in [0.1, 0.15) is 19.8 Å². The van der Waals surface area contributed by atoms with Crippen LogP contribution in [0.15, 0.2) is 23.1 Å². The van der Waals surface area contributed by atoms with Crippen molar-refractivity contribution in [3.8, 4) is 0 Å². The molecule has 2 N–H and O–H groups in total. The van der Waals surface area contributed by atoms with Gasteiger partial charge in [-0.15, -0.1) is 12.4 Å². The van der Waals surface area contributed by atoms with Crippen LogP contribution < -0.4 is 5.73 Å². The number of benzene rings is 1. The van der Waals surface area contributed by atoms with Crippen LogP contribution >= 0.6 is 12.4 Å². The van der Waals surface area contributed by atoms with Crippen molar-refractivity contribution >= 4 is 28.1 Å². The summed E-state index contributed by atoms with van der Waals surface area (Å²) in [7, 11) is -4.33. The Morgan fingerprint density at radius 2 is 2.13 bits per heavy atom. The number of halogens is 2. The molecule has 10 heteroatoms. The van der Waals surface area contributed by atoms with Gasteiger partial charge in [-0.05, 0) is 24.8 Å². The zero-order valence-electron chi connectivity index (χ0n) is 12.5. The van der Waals surface area contributed by atoms with Gasteiger partial charge in [0.05, 0.1) is 4.92 Å². The number of nitro benzene ring substituents is 1. The van der Waals surface area contributed by atoms with E-state index in [4.69, 9.17) is 5.73 Å². The van der Waals surface area contributed by atoms with E-state index in [1.807, 2.05) is 6.92 Å². The third kappa shape index (κ3) is 3.63. The van der Waals surface area contributed by atoms with E-state index in [1.165, 1.54) is 0 Å². The Bertz CT molecular complexity index is 686. The second kappa shape index (κ2) is 7.52. The van der Waals surface area contributed by atoms with Gasteiger partial charge >= 0.3 is 0 Å². The van der Waals surface area contributed by atoms with Crippen LogP contribution in [0.5, 0.6) is 0 Å². The molecule has 7 nitrogen and oxygen atoms in total. The first-order valence-electron chi connectivity index (χ1n) is 6.95. The fraction of sp³-hybridized carbons (Fsp3) is 0.538. The molecule has 130 valence electrons. The Hall–Kier alpha value is -1.29. The molecule has 1 heterocycles. The summed E-state index contributed by atoms with van der Waals surface area (Å²) >= 11 is 0. The standard InChI is InChI=1S/C13H18FN3O4S.ClH/c1-9-4-3-7-16(12(9)8-15)22(20,21)13-10(14)5-2-6-11(13)17(18)19;/h2,5-6,9,12H,3-4,7-8,15H2,1H3;1H. The molecule has 0 spiro atoms. The summed E-state index contributed by atoms with van der Waals surface area (Å²) in [4.78, 5) is 9.28. The van der Waals surface area contributed by atoms with Crippen LogP contribution in [-0.2, 0) is 10.0 Å². The highest BCUT2D eigenvalue weighted by molar-refractivity contribution is 7.89. The molecule has 1 aromatic rings. The number of rotatable bonds is 4. The summed E-state index contributed by atoms with van der Waals surface area (Å²) in [5, 5.41) is 11.1. The Balaban J connectivity index is 0.00000264. The van der Waals surface area contributed by atoms with E-state index in [-0.39, 0.29) is 31.4 Å². The van der Waals surface area contributed by atoms with Gasteiger partial charge in [0.2, 0.25) is 0 Å². The van der Waals surface area contributed by atoms with Gasteiger partial charge in [0.25, 0.3) is 15.7 Å². The van der Waals surface area contributed by atoms with Crippen LogP contribution in [0.3, 0.4) is 0 Å². The first-order valence-corrected chi connectivity index (χ1v) is 8.39. The highest BCUT2D eigenvalue weighted by Crippen LogP contribution is 2.34. The van der Waals surface area contributed by atoms with E-state index >= 15 is 0 Å². The van der Waals surface area contributed by atoms with Gasteiger partial charge in [-0.2, -0.15) is 4.31 Å². The second-order valence-corrected chi connectivity index (χ2v) is 7.21. The van der Waals surface area contributed by atoms with Crippen molar-refractivity contribution in [3.63, 3.8) is 0 Å². The van der Waals surface area contributed by atoms with E-state index in [2.05, 4.69) is 0 Å². The summed E-state index contributed by atoms with van der Waals surface area (Å²) in [6.07, 6.45) is 1.42. The highest BCUT2D eigenvalue weighted by atomic mass is 35.5. The van der Waals surface area contributed by atoms with Gasteiger partial charge in [0.15, 0.2) is 4.90 Å². The molecule has 1 fully saturated rings. The van der Waals surface area contributed by atoms with Crippen molar-refractivity contribution in [2.45, 2.75) is 30.7 Å². The van der Waals surface area contributed by atoms with Crippen molar-refractivity contribution < 1.29 is 17.7 Å². The summed E-state index contributed by atoms with van der Waals surface area (Å²) in [6, 6.07) is 2.52. The minimum Gasteiger partial charge on any atom is -0.329 e. The van der Waals surface area contributed by atoms with Crippen molar-refractivity contribution in [2.24, 2.45) is 11.7 Å². The maximum absolute atomic E-state index is 14.0. The molecule has 1 aliphatic heterocycles. The van der Waals surface area contributed by atoms with Gasteiger partial charge in [0, 0.05) is 25.2 Å². The lowest BCUT2D eigenvalue weighted by Crippen LogP contribution is -2.51. The largest absolute Gasteiger partial charge is 0.329 e. The van der Waals surface area contributed by atoms with Crippen LogP contribution in [-0.4, -0.2) is 36.8 Å². The molecule has 0 aliphatic carbocycles. The fourth-order valence-electron chi connectivity index (χ4n) is 2.87. The summed E-state index contributed by atoms with van der Waals surface area (Å²) in [5.74, 6) is -1.11. The lowest BCUT2D eigenvalue weighted by atomic mass is 9.93. The molecule has 1 aliphatic rings. The van der Waals surface area contributed by atoms with Crippen molar-refractivity contribution in [1.82, 2.24) is 4.31 Å². The predicted molar refractivity (Wildman–Crippen MR) is 85.4 cm³/mol. The topological polar surface area (TPSA) is 107 Å². The first kappa shape index (κ1) is 19.8. The number of nitrogens with zero attached hydrogens (tertiary/aromatic N) is 2. The number of piperidine rings is 1. The smallest absolute Gasteiger partial charge is 0.292 e. The number of nitro groups is 1. The molecule has 1 aromatic carbocycles. The molecule has 2 rings (SSSR count). The van der Waals surface area contributed by atoms with Gasteiger partial charge in [-0.25, -0.2) is 12.8 Å². The molecule has 1 saturated heterocycles. The fourth-order valence-corrected chi connectivity index (χ4v) is 4.85. The van der Waals surface area contributed by atoms with Crippen molar-refractivity contribution in [1.29, 1.82) is 0 Å². The Morgan fingerprint density at radius 1 is 1.48 bits per heavy atom. The average molecular weight is 368 g/mol. The van der Waals surface area contributed by atoms with E-state index in [0.29, 0.717) is 6.42 Å². The SMILES string of the molecule is CC1CCCN(S(=O)(=O)c2c(F)cccc2[N+](=O)[O-])C1CN.Cl. The van der Waals surface area contributed by atoms with Crippen LogP contribution in [0.25, 0.3) is 0 Å². The molecule has 0 radical (unpaired) electrons. The molecule has 0 aromatic heterocycles. The monoisotopic (exact) mass is 367 g/mol. The Kier molecular flexibility index (Phi) is 6.46. The summed E-state index contributed by atoms with van der Waals surface area (Å²) in [5.41, 5.74) is 4.91. The van der Waals surface area contributed by atoms with Crippen molar-refractivity contribution in [2.75, 3.05) is 13.1 Å². The highest BCUT2D eigenvalue weighted by Gasteiger charge is 2.41. The Morgan fingerprint density at radius 3 is 2.70 bits per heavy atom. The normalized spacial score (nSPS) is 22.4. The molecule has 0 amide bonds. The lowest BCUT2D eigenvalue weighted by Gasteiger charge is -2.38. The molecular weight excluding hydrogens is 349 g/mol. The number of hydrogen-bond acceptors (Lipinski definition) is 5. The average Bonchev–Trinajstić information content (AvgIpc) is 2.46. The number of hydrogen-bond donors (Lipinski definition) is 1. The zero-order valence-corrected chi connectivity index (χ0v) is 14.1. The van der Waals surface area contributed by atoms with Crippen LogP contribution in [0.2, 0.25) is 0 Å². The van der Waals surface area contributed by atoms with Gasteiger partial charge in [0.1, 0.15) is 5.82 Å². The maximum Gasteiger partial charge on any atom is 0.292 e. The zero-order chi connectivity index (χ0) is 16.5. The van der Waals surface area contributed by atoms with Crippen LogP contribution in [0.4, 0.5) is 10.1 Å². The Labute approximate surface area is 140 Å².